The third kappa shape index (κ3) is 5.66. The number of ether oxygens (including phenoxy) is 2. The summed E-state index contributed by atoms with van der Waals surface area (Å²) in [6.07, 6.45) is 2.54. The van der Waals surface area contributed by atoms with Crippen molar-refractivity contribution in [3.05, 3.63) is 51.1 Å². The lowest BCUT2D eigenvalue weighted by atomic mass is 10.2. The average molecular weight is 452 g/mol. The highest BCUT2D eigenvalue weighted by molar-refractivity contribution is 9.10. The van der Waals surface area contributed by atoms with Crippen LogP contribution in [0.1, 0.15) is 26.7 Å². The maximum atomic E-state index is 11.9. The molecule has 0 saturated carbocycles. The Hall–Kier alpha value is -2.68. The topological polar surface area (TPSA) is 94.8 Å². The van der Waals surface area contributed by atoms with Crippen molar-refractivity contribution >= 4 is 39.1 Å². The smallest absolute Gasteiger partial charge is 0.347 e. The number of carbonyl (C=O) groups is 1. The molecule has 150 valence electrons. The van der Waals surface area contributed by atoms with Gasteiger partial charge in [-0.3, -0.25) is 10.1 Å². The summed E-state index contributed by atoms with van der Waals surface area (Å²) < 4.78 is 11.3. The van der Waals surface area contributed by atoms with Crippen LogP contribution >= 0.6 is 15.9 Å². The second-order valence-electron chi connectivity index (χ2n) is 6.09. The number of hydrogen-bond donors (Lipinski definition) is 0. The summed E-state index contributed by atoms with van der Waals surface area (Å²) >= 11 is 3.19. The Bertz CT molecular complexity index is 829. The van der Waals surface area contributed by atoms with Gasteiger partial charge in [0.25, 0.3) is 0 Å². The molecule has 0 amide bonds. The fraction of sp³-hybridized carbons (Fsp3) is 0.368. The van der Waals surface area contributed by atoms with Gasteiger partial charge < -0.3 is 14.4 Å². The normalized spacial score (nSPS) is 11.6. The zero-order valence-corrected chi connectivity index (χ0v) is 17.5. The Morgan fingerprint density at radius 3 is 2.64 bits per heavy atom. The van der Waals surface area contributed by atoms with Crippen molar-refractivity contribution in [2.75, 3.05) is 18.6 Å². The van der Waals surface area contributed by atoms with Gasteiger partial charge in [-0.2, -0.15) is 0 Å². The van der Waals surface area contributed by atoms with E-state index in [0.717, 1.165) is 12.8 Å². The number of carbonyl (C=O) groups excluding carboxylic acids is 1. The zero-order valence-electron chi connectivity index (χ0n) is 15.9. The number of benzene rings is 1. The average Bonchev–Trinajstić information content (AvgIpc) is 2.68. The zero-order chi connectivity index (χ0) is 20.7. The van der Waals surface area contributed by atoms with Crippen LogP contribution in [0, 0.1) is 10.1 Å². The van der Waals surface area contributed by atoms with Crippen molar-refractivity contribution < 1.29 is 19.2 Å². The number of nitrogens with zero attached hydrogens (tertiary/aromatic N) is 3. The summed E-state index contributed by atoms with van der Waals surface area (Å²) in [7, 11) is 1.69. The van der Waals surface area contributed by atoms with Crippen LogP contribution in [0.2, 0.25) is 0 Å². The second kappa shape index (κ2) is 10.0. The summed E-state index contributed by atoms with van der Waals surface area (Å²) in [5, 5.41) is 11.3. The van der Waals surface area contributed by atoms with Crippen molar-refractivity contribution in [2.45, 2.75) is 32.8 Å². The standard InChI is InChI=1S/C19H22BrN3O5/c1-4-5-10-27-19(24)13(2)28-16-8-6-15(7-9-16)22(3)18-17(23(25)26)11-14(20)12-21-18/h6-9,11-13H,4-5,10H2,1-3H3. The number of aromatic nitrogens is 1. The molecule has 0 bridgehead atoms. The number of hydrogen-bond acceptors (Lipinski definition) is 7. The van der Waals surface area contributed by atoms with Crippen LogP contribution in [-0.4, -0.2) is 35.6 Å². The van der Waals surface area contributed by atoms with Gasteiger partial charge in [0.05, 0.1) is 11.5 Å². The van der Waals surface area contributed by atoms with Gasteiger partial charge in [-0.25, -0.2) is 9.78 Å². The van der Waals surface area contributed by atoms with E-state index in [-0.39, 0.29) is 11.5 Å². The lowest BCUT2D eigenvalue weighted by Gasteiger charge is -2.19. The molecule has 2 aromatic rings. The third-order valence-electron chi connectivity index (χ3n) is 3.94. The molecule has 9 heteroatoms. The van der Waals surface area contributed by atoms with Crippen molar-refractivity contribution in [1.82, 2.24) is 4.98 Å². The molecule has 1 heterocycles. The molecule has 0 aliphatic carbocycles. The van der Waals surface area contributed by atoms with Gasteiger partial charge in [-0.1, -0.05) is 13.3 Å². The Kier molecular flexibility index (Phi) is 7.74. The maximum absolute atomic E-state index is 11.9. The van der Waals surface area contributed by atoms with Crippen molar-refractivity contribution in [3.8, 4) is 5.75 Å². The van der Waals surface area contributed by atoms with Crippen LogP contribution in [0.25, 0.3) is 0 Å². The minimum Gasteiger partial charge on any atom is -0.479 e. The first-order valence-electron chi connectivity index (χ1n) is 8.80. The predicted octanol–water partition coefficient (Wildman–Crippen LogP) is 4.63. The lowest BCUT2D eigenvalue weighted by molar-refractivity contribution is -0.384. The summed E-state index contributed by atoms with van der Waals surface area (Å²) in [6.45, 7) is 4.03. The molecule has 0 aliphatic rings. The third-order valence-corrected chi connectivity index (χ3v) is 4.37. The van der Waals surface area contributed by atoms with E-state index in [9.17, 15) is 14.9 Å². The molecule has 2 rings (SSSR count). The molecule has 0 fully saturated rings. The first-order valence-corrected chi connectivity index (χ1v) is 9.59. The Balaban J connectivity index is 2.08. The molecular weight excluding hydrogens is 430 g/mol. The van der Waals surface area contributed by atoms with Crippen LogP contribution < -0.4 is 9.64 Å². The first kappa shape index (κ1) is 21.6. The van der Waals surface area contributed by atoms with Crippen LogP contribution in [0.4, 0.5) is 17.2 Å². The molecule has 28 heavy (non-hydrogen) atoms. The lowest BCUT2D eigenvalue weighted by Crippen LogP contribution is -2.26. The first-order chi connectivity index (χ1) is 13.3. The number of halogens is 1. The van der Waals surface area contributed by atoms with Gasteiger partial charge >= 0.3 is 11.7 Å². The Labute approximate surface area is 171 Å². The van der Waals surface area contributed by atoms with E-state index in [1.54, 1.807) is 43.1 Å². The van der Waals surface area contributed by atoms with E-state index < -0.39 is 17.0 Å². The Morgan fingerprint density at radius 2 is 2.04 bits per heavy atom. The minimum atomic E-state index is -0.727. The monoisotopic (exact) mass is 451 g/mol. The van der Waals surface area contributed by atoms with E-state index in [1.807, 2.05) is 6.92 Å². The molecule has 1 atom stereocenters. The second-order valence-corrected chi connectivity index (χ2v) is 7.00. The molecule has 0 N–H and O–H groups in total. The maximum Gasteiger partial charge on any atom is 0.347 e. The predicted molar refractivity (Wildman–Crippen MR) is 109 cm³/mol. The minimum absolute atomic E-state index is 0.111. The van der Waals surface area contributed by atoms with Gasteiger partial charge in [0, 0.05) is 29.5 Å². The summed E-state index contributed by atoms with van der Waals surface area (Å²) in [5.74, 6) is 0.300. The number of esters is 1. The van der Waals surface area contributed by atoms with E-state index in [1.165, 1.54) is 12.3 Å². The number of rotatable bonds is 9. The van der Waals surface area contributed by atoms with Crippen LogP contribution in [0.15, 0.2) is 41.0 Å². The molecule has 0 saturated heterocycles. The van der Waals surface area contributed by atoms with Gasteiger partial charge in [0.1, 0.15) is 5.75 Å². The Morgan fingerprint density at radius 1 is 1.36 bits per heavy atom. The van der Waals surface area contributed by atoms with Gasteiger partial charge in [0.2, 0.25) is 5.82 Å². The molecule has 1 unspecified atom stereocenters. The quantitative estimate of drug-likeness (QED) is 0.237. The number of anilines is 2. The largest absolute Gasteiger partial charge is 0.479 e. The van der Waals surface area contributed by atoms with Crippen molar-refractivity contribution in [3.63, 3.8) is 0 Å². The summed E-state index contributed by atoms with van der Waals surface area (Å²) in [5.41, 5.74) is 0.573. The number of unbranched alkanes of at least 4 members (excludes halogenated alkanes) is 1. The summed E-state index contributed by atoms with van der Waals surface area (Å²) in [6, 6.07) is 8.25. The van der Waals surface area contributed by atoms with Crippen LogP contribution in [0.5, 0.6) is 5.75 Å². The van der Waals surface area contributed by atoms with Gasteiger partial charge in [-0.15, -0.1) is 0 Å². The molecule has 1 aromatic carbocycles. The highest BCUT2D eigenvalue weighted by atomic mass is 79.9. The van der Waals surface area contributed by atoms with Crippen molar-refractivity contribution in [2.24, 2.45) is 0 Å². The molecule has 1 aromatic heterocycles. The highest BCUT2D eigenvalue weighted by Gasteiger charge is 2.21. The fourth-order valence-corrected chi connectivity index (χ4v) is 2.69. The van der Waals surface area contributed by atoms with E-state index in [0.29, 0.717) is 22.5 Å². The van der Waals surface area contributed by atoms with E-state index >= 15 is 0 Å². The highest BCUT2D eigenvalue weighted by Crippen LogP contribution is 2.32. The van der Waals surface area contributed by atoms with Crippen LogP contribution in [-0.2, 0) is 9.53 Å². The van der Waals surface area contributed by atoms with Gasteiger partial charge in [0.15, 0.2) is 6.10 Å². The fourth-order valence-electron chi connectivity index (χ4n) is 2.37. The number of nitro groups is 1. The molecule has 0 radical (unpaired) electrons. The van der Waals surface area contributed by atoms with Crippen LogP contribution in [0.3, 0.4) is 0 Å². The molecule has 0 spiro atoms. The van der Waals surface area contributed by atoms with E-state index in [4.69, 9.17) is 9.47 Å². The molecular formula is C19H22BrN3O5. The molecule has 8 nitrogen and oxygen atoms in total. The summed E-state index contributed by atoms with van der Waals surface area (Å²) in [4.78, 5) is 28.5. The van der Waals surface area contributed by atoms with E-state index in [2.05, 4.69) is 20.9 Å². The van der Waals surface area contributed by atoms with Gasteiger partial charge in [-0.05, 0) is 53.5 Å². The molecule has 0 aliphatic heterocycles. The number of pyridine rings is 1. The SMILES string of the molecule is CCCCOC(=O)C(C)Oc1ccc(N(C)c2ncc(Br)cc2[N+](=O)[O-])cc1. The van der Waals surface area contributed by atoms with Crippen molar-refractivity contribution in [1.29, 1.82) is 0 Å².